The third-order valence-electron chi connectivity index (χ3n) is 5.18. The second-order valence-corrected chi connectivity index (χ2v) is 7.59. The van der Waals surface area contributed by atoms with Gasteiger partial charge in [0, 0.05) is 39.5 Å². The lowest BCUT2D eigenvalue weighted by Gasteiger charge is -2.15. The molecule has 0 radical (unpaired) electrons. The summed E-state index contributed by atoms with van der Waals surface area (Å²) < 4.78 is 17.1. The summed E-state index contributed by atoms with van der Waals surface area (Å²) in [6.07, 6.45) is 13.0. The summed E-state index contributed by atoms with van der Waals surface area (Å²) in [5.74, 6) is 0.909. The van der Waals surface area contributed by atoms with Gasteiger partial charge in [0.05, 0.1) is 18.8 Å². The normalized spacial score (nSPS) is 22.0. The molecule has 2 rings (SSSR count). The van der Waals surface area contributed by atoms with Crippen LogP contribution in [0.2, 0.25) is 0 Å². The molecular weight excluding hydrogens is 342 g/mol. The summed E-state index contributed by atoms with van der Waals surface area (Å²) >= 11 is 0. The molecule has 1 heterocycles. The van der Waals surface area contributed by atoms with Crippen LogP contribution in [0.3, 0.4) is 0 Å². The highest BCUT2D eigenvalue weighted by molar-refractivity contribution is 5.79. The van der Waals surface area contributed by atoms with Crippen molar-refractivity contribution < 1.29 is 14.2 Å². The van der Waals surface area contributed by atoms with Gasteiger partial charge in [-0.25, -0.2) is 0 Å². The van der Waals surface area contributed by atoms with Gasteiger partial charge in [-0.1, -0.05) is 25.7 Å². The molecule has 2 aliphatic rings. The molecule has 1 aliphatic heterocycles. The van der Waals surface area contributed by atoms with Crippen molar-refractivity contribution >= 4 is 5.96 Å². The molecule has 0 aromatic heterocycles. The molecule has 1 saturated carbocycles. The minimum Gasteiger partial charge on any atom is -0.379 e. The number of unbranched alkanes of at least 4 members (excludes halogenated alkanes) is 1. The van der Waals surface area contributed by atoms with E-state index in [1.807, 2.05) is 0 Å². The van der Waals surface area contributed by atoms with Crippen LogP contribution in [-0.2, 0) is 14.2 Å². The van der Waals surface area contributed by atoms with Crippen LogP contribution in [0.1, 0.15) is 71.1 Å². The molecule has 0 spiro atoms. The summed E-state index contributed by atoms with van der Waals surface area (Å²) in [5.41, 5.74) is 0. The Kier molecular flexibility index (Phi) is 12.6. The van der Waals surface area contributed by atoms with E-state index in [2.05, 4.69) is 22.5 Å². The van der Waals surface area contributed by atoms with Gasteiger partial charge in [0.25, 0.3) is 0 Å². The predicted molar refractivity (Wildman–Crippen MR) is 110 cm³/mol. The maximum atomic E-state index is 6.05. The number of hydrogen-bond donors (Lipinski definition) is 2. The molecule has 0 bridgehead atoms. The van der Waals surface area contributed by atoms with Gasteiger partial charge in [-0.3, -0.25) is 4.99 Å². The number of nitrogens with zero attached hydrogens (tertiary/aromatic N) is 1. The van der Waals surface area contributed by atoms with Gasteiger partial charge in [0.2, 0.25) is 0 Å². The van der Waals surface area contributed by atoms with E-state index < -0.39 is 0 Å². The largest absolute Gasteiger partial charge is 0.379 e. The van der Waals surface area contributed by atoms with Crippen LogP contribution in [0.5, 0.6) is 0 Å². The van der Waals surface area contributed by atoms with Gasteiger partial charge in [-0.05, 0) is 45.4 Å². The zero-order valence-electron chi connectivity index (χ0n) is 17.3. The fourth-order valence-corrected chi connectivity index (χ4v) is 3.58. The van der Waals surface area contributed by atoms with Crippen molar-refractivity contribution in [3.63, 3.8) is 0 Å². The number of aliphatic imine (C=N–C) groups is 1. The molecule has 2 fully saturated rings. The molecule has 0 aromatic rings. The van der Waals surface area contributed by atoms with Crippen molar-refractivity contribution in [3.8, 4) is 0 Å². The Bertz CT molecular complexity index is 379. The van der Waals surface area contributed by atoms with E-state index in [4.69, 9.17) is 14.2 Å². The maximum absolute atomic E-state index is 6.05. The zero-order valence-corrected chi connectivity index (χ0v) is 17.3. The van der Waals surface area contributed by atoms with Crippen LogP contribution in [0.4, 0.5) is 0 Å². The Morgan fingerprint density at radius 2 is 1.70 bits per heavy atom. The molecule has 1 aliphatic carbocycles. The van der Waals surface area contributed by atoms with Gasteiger partial charge in [0.15, 0.2) is 5.96 Å². The average Bonchev–Trinajstić information content (AvgIpc) is 3.06. The molecule has 1 atom stereocenters. The van der Waals surface area contributed by atoms with Crippen LogP contribution < -0.4 is 10.6 Å². The zero-order chi connectivity index (χ0) is 19.0. The van der Waals surface area contributed by atoms with E-state index in [-0.39, 0.29) is 0 Å². The first kappa shape index (κ1) is 22.4. The van der Waals surface area contributed by atoms with Crippen molar-refractivity contribution in [2.24, 2.45) is 4.99 Å². The minimum absolute atomic E-state index is 0.292. The Labute approximate surface area is 165 Å². The van der Waals surface area contributed by atoms with Gasteiger partial charge in [-0.15, -0.1) is 0 Å². The number of guanidine groups is 1. The second-order valence-electron chi connectivity index (χ2n) is 7.59. The maximum Gasteiger partial charge on any atom is 0.191 e. The summed E-state index contributed by atoms with van der Waals surface area (Å²) in [6.45, 7) is 7.94. The predicted octanol–water partition coefficient (Wildman–Crippen LogP) is 3.26. The van der Waals surface area contributed by atoms with Crippen LogP contribution in [0, 0.1) is 0 Å². The van der Waals surface area contributed by atoms with Crippen LogP contribution in [-0.4, -0.2) is 64.2 Å². The van der Waals surface area contributed by atoms with Gasteiger partial charge >= 0.3 is 0 Å². The fourth-order valence-electron chi connectivity index (χ4n) is 3.58. The Balaban J connectivity index is 1.47. The molecule has 0 aromatic carbocycles. The van der Waals surface area contributed by atoms with Crippen LogP contribution in [0.15, 0.2) is 4.99 Å². The average molecular weight is 384 g/mol. The monoisotopic (exact) mass is 383 g/mol. The van der Waals surface area contributed by atoms with Crippen LogP contribution >= 0.6 is 0 Å². The molecular formula is C21H41N3O3. The third kappa shape index (κ3) is 10.9. The SMILES string of the molecule is CCNC(=NCCCOC1CCOC1)NCCCCOC1CCCCCC1. The molecule has 1 unspecified atom stereocenters. The highest BCUT2D eigenvalue weighted by Crippen LogP contribution is 2.19. The van der Waals surface area contributed by atoms with E-state index in [9.17, 15) is 0 Å². The lowest BCUT2D eigenvalue weighted by Crippen LogP contribution is -2.38. The molecule has 27 heavy (non-hydrogen) atoms. The molecule has 158 valence electrons. The number of hydrogen-bond acceptors (Lipinski definition) is 4. The van der Waals surface area contributed by atoms with Crippen molar-refractivity contribution in [3.05, 3.63) is 0 Å². The first-order valence-electron chi connectivity index (χ1n) is 11.2. The fraction of sp³-hybridized carbons (Fsp3) is 0.952. The van der Waals surface area contributed by atoms with E-state index in [1.165, 1.54) is 38.5 Å². The first-order valence-corrected chi connectivity index (χ1v) is 11.2. The first-order chi connectivity index (χ1) is 13.4. The quantitative estimate of drug-likeness (QED) is 0.234. The highest BCUT2D eigenvalue weighted by atomic mass is 16.5. The molecule has 6 heteroatoms. The van der Waals surface area contributed by atoms with Gasteiger partial charge < -0.3 is 24.8 Å². The van der Waals surface area contributed by atoms with E-state index in [0.717, 1.165) is 77.7 Å². The van der Waals surface area contributed by atoms with Crippen molar-refractivity contribution in [1.82, 2.24) is 10.6 Å². The Morgan fingerprint density at radius 1 is 0.926 bits per heavy atom. The topological polar surface area (TPSA) is 64.1 Å². The number of rotatable bonds is 12. The van der Waals surface area contributed by atoms with E-state index in [1.54, 1.807) is 0 Å². The molecule has 1 saturated heterocycles. The van der Waals surface area contributed by atoms with E-state index >= 15 is 0 Å². The smallest absolute Gasteiger partial charge is 0.191 e. The van der Waals surface area contributed by atoms with Crippen molar-refractivity contribution in [1.29, 1.82) is 0 Å². The summed E-state index contributed by atoms with van der Waals surface area (Å²) in [5, 5.41) is 6.73. The molecule has 6 nitrogen and oxygen atoms in total. The van der Waals surface area contributed by atoms with Crippen molar-refractivity contribution in [2.45, 2.75) is 83.3 Å². The number of ether oxygens (including phenoxy) is 3. The Hall–Kier alpha value is -0.850. The van der Waals surface area contributed by atoms with Gasteiger partial charge in [-0.2, -0.15) is 0 Å². The third-order valence-corrected chi connectivity index (χ3v) is 5.18. The molecule has 0 amide bonds. The lowest BCUT2D eigenvalue weighted by molar-refractivity contribution is 0.0411. The Morgan fingerprint density at radius 3 is 2.44 bits per heavy atom. The molecule has 2 N–H and O–H groups in total. The number of nitrogens with one attached hydrogen (secondary N) is 2. The van der Waals surface area contributed by atoms with Crippen molar-refractivity contribution in [2.75, 3.05) is 46.1 Å². The van der Waals surface area contributed by atoms with Crippen LogP contribution in [0.25, 0.3) is 0 Å². The lowest BCUT2D eigenvalue weighted by atomic mass is 10.1. The summed E-state index contributed by atoms with van der Waals surface area (Å²) in [7, 11) is 0. The van der Waals surface area contributed by atoms with Gasteiger partial charge in [0.1, 0.15) is 0 Å². The second kappa shape index (κ2) is 15.1. The van der Waals surface area contributed by atoms with E-state index in [0.29, 0.717) is 12.2 Å². The summed E-state index contributed by atoms with van der Waals surface area (Å²) in [4.78, 5) is 4.63. The minimum atomic E-state index is 0.292. The highest BCUT2D eigenvalue weighted by Gasteiger charge is 2.15. The summed E-state index contributed by atoms with van der Waals surface area (Å²) in [6, 6.07) is 0. The standard InChI is InChI=1S/C21H41N3O3/c1-2-22-21(24-14-9-16-27-20-12-17-25-18-20)23-13-7-8-15-26-19-10-5-3-4-6-11-19/h19-20H,2-18H2,1H3,(H2,22,23,24).